The van der Waals surface area contributed by atoms with Crippen LogP contribution in [0.3, 0.4) is 0 Å². The maximum atomic E-state index is 13.0. The van der Waals surface area contributed by atoms with Crippen LogP contribution in [0.5, 0.6) is 5.75 Å². The molecule has 7 nitrogen and oxygen atoms in total. The van der Waals surface area contributed by atoms with Crippen molar-refractivity contribution in [3.05, 3.63) is 102 Å². The van der Waals surface area contributed by atoms with E-state index < -0.39 is 29.2 Å². The molecule has 0 aliphatic carbocycles. The highest BCUT2D eigenvalue weighted by atomic mass is 16.6. The summed E-state index contributed by atoms with van der Waals surface area (Å²) in [5.41, 5.74) is 5.52. The highest BCUT2D eigenvalue weighted by molar-refractivity contribution is 5.88. The van der Waals surface area contributed by atoms with Gasteiger partial charge in [-0.1, -0.05) is 78.9 Å². The summed E-state index contributed by atoms with van der Waals surface area (Å²) in [7, 11) is 0. The third kappa shape index (κ3) is 8.72. The fourth-order valence-electron chi connectivity index (χ4n) is 3.00. The average Bonchev–Trinajstić information content (AvgIpc) is 2.84. The average molecular weight is 477 g/mol. The second kappa shape index (κ2) is 12.5. The topological polar surface area (TPSA) is 108 Å². The van der Waals surface area contributed by atoms with Gasteiger partial charge in [0.1, 0.15) is 17.6 Å². The fourth-order valence-corrected chi connectivity index (χ4v) is 3.00. The molecule has 3 N–H and O–H groups in total. The molecule has 0 heterocycles. The molecule has 0 bridgehead atoms. The molecule has 0 fully saturated rings. The van der Waals surface area contributed by atoms with Crippen molar-refractivity contribution in [1.29, 1.82) is 0 Å². The van der Waals surface area contributed by atoms with Gasteiger partial charge in [0.2, 0.25) is 0 Å². The van der Waals surface area contributed by atoms with Gasteiger partial charge in [-0.15, -0.1) is 0 Å². The van der Waals surface area contributed by atoms with Crippen LogP contribution >= 0.6 is 0 Å². The summed E-state index contributed by atoms with van der Waals surface area (Å²) >= 11 is 0. The summed E-state index contributed by atoms with van der Waals surface area (Å²) in [4.78, 5) is 35.4. The number of alkyl carbamates (subject to hydrolysis) is 1. The van der Waals surface area contributed by atoms with Crippen molar-refractivity contribution in [3.8, 4) is 5.75 Å². The Hall–Kier alpha value is -3.97. The molecule has 3 aromatic carbocycles. The second-order valence-corrected chi connectivity index (χ2v) is 8.95. The number of carbonyl (C=O) groups is 3. The number of rotatable bonds is 6. The van der Waals surface area contributed by atoms with Gasteiger partial charge in [0.25, 0.3) is 0 Å². The molecule has 1 amide bonds. The van der Waals surface area contributed by atoms with Crippen LogP contribution in [0.15, 0.2) is 91.0 Å². The van der Waals surface area contributed by atoms with Crippen LogP contribution in [0, 0.1) is 0 Å². The number of nitrogens with one attached hydrogen (secondary N) is 1. The van der Waals surface area contributed by atoms with Crippen molar-refractivity contribution in [1.82, 2.24) is 5.32 Å². The van der Waals surface area contributed by atoms with Gasteiger partial charge in [-0.2, -0.15) is 0 Å². The van der Waals surface area contributed by atoms with Crippen LogP contribution in [-0.4, -0.2) is 29.5 Å². The van der Waals surface area contributed by atoms with Gasteiger partial charge in [0.15, 0.2) is 5.54 Å². The first-order valence-corrected chi connectivity index (χ1v) is 11.1. The summed E-state index contributed by atoms with van der Waals surface area (Å²) in [6.45, 7) is 6.75. The minimum Gasteiger partial charge on any atom is -0.444 e. The summed E-state index contributed by atoms with van der Waals surface area (Å²) in [5, 5.41) is 2.61. The predicted octanol–water partition coefficient (Wildman–Crippen LogP) is 5.07. The first-order valence-electron chi connectivity index (χ1n) is 11.1. The largest absolute Gasteiger partial charge is 0.444 e. The highest BCUT2D eigenvalue weighted by Crippen LogP contribution is 2.26. The molecule has 184 valence electrons. The minimum absolute atomic E-state index is 0.361. The maximum Gasteiger partial charge on any atom is 0.408 e. The molecule has 0 saturated carbocycles. The van der Waals surface area contributed by atoms with E-state index >= 15 is 0 Å². The van der Waals surface area contributed by atoms with Crippen LogP contribution in [0.2, 0.25) is 0 Å². The smallest absolute Gasteiger partial charge is 0.408 e. The molecule has 35 heavy (non-hydrogen) atoms. The number of esters is 1. The first-order chi connectivity index (χ1) is 16.5. The van der Waals surface area contributed by atoms with Crippen LogP contribution in [0.1, 0.15) is 49.7 Å². The zero-order valence-corrected chi connectivity index (χ0v) is 20.4. The molecular weight excluding hydrogens is 444 g/mol. The Morgan fingerprint density at radius 3 is 1.77 bits per heavy atom. The van der Waals surface area contributed by atoms with Crippen molar-refractivity contribution < 1.29 is 23.9 Å². The van der Waals surface area contributed by atoms with Gasteiger partial charge in [-0.05, 0) is 45.4 Å². The monoisotopic (exact) mass is 476 g/mol. The minimum atomic E-state index is -1.54. The number of hydrogen-bond donors (Lipinski definition) is 2. The third-order valence-electron chi connectivity index (χ3n) is 4.85. The first kappa shape index (κ1) is 27.3. The molecular formula is C28H32N2O5. The molecule has 0 spiro atoms. The molecule has 0 aliphatic rings. The Morgan fingerprint density at radius 2 is 1.31 bits per heavy atom. The second-order valence-electron chi connectivity index (χ2n) is 8.95. The summed E-state index contributed by atoms with van der Waals surface area (Å²) in [6, 6.07) is 25.9. The zero-order valence-electron chi connectivity index (χ0n) is 20.4. The lowest BCUT2D eigenvalue weighted by atomic mass is 9.87. The molecule has 0 aliphatic heterocycles. The van der Waals surface area contributed by atoms with Gasteiger partial charge in [0.05, 0.1) is 6.04 Å². The Labute approximate surface area is 206 Å². The molecule has 3 rings (SSSR count). The molecule has 3 aromatic rings. The Morgan fingerprint density at radius 1 is 0.829 bits per heavy atom. The molecule has 7 heteroatoms. The Balaban J connectivity index is 0.000000456. The molecule has 2 atom stereocenters. The van der Waals surface area contributed by atoms with E-state index in [1.807, 2.05) is 42.5 Å². The number of ether oxygens (including phenoxy) is 2. The molecule has 0 aromatic heterocycles. The van der Waals surface area contributed by atoms with Crippen molar-refractivity contribution in [2.75, 3.05) is 0 Å². The molecule has 0 radical (unpaired) electrons. The highest BCUT2D eigenvalue weighted by Gasteiger charge is 2.44. The van der Waals surface area contributed by atoms with Crippen LogP contribution < -0.4 is 15.8 Å². The standard InChI is InChI=1S/C21H26N2O4.C7H6O/c1-20(2,3)27-19(25)23-21(4,17(22)15-11-7-5-8-12-15)18(24)26-16-13-9-6-10-14-16;8-6-7-4-2-1-3-5-7/h5-14,17H,22H2,1-4H3,(H,23,25);1-6H. The van der Waals surface area contributed by atoms with Gasteiger partial charge in [-0.25, -0.2) is 9.59 Å². The van der Waals surface area contributed by atoms with E-state index in [1.54, 1.807) is 69.3 Å². The van der Waals surface area contributed by atoms with Crippen LogP contribution in [0.4, 0.5) is 4.79 Å². The van der Waals surface area contributed by atoms with Gasteiger partial charge < -0.3 is 20.5 Å². The van der Waals surface area contributed by atoms with Crippen molar-refractivity contribution in [2.24, 2.45) is 5.73 Å². The fraction of sp³-hybridized carbons (Fsp3) is 0.250. The van der Waals surface area contributed by atoms with E-state index in [2.05, 4.69) is 5.32 Å². The quantitative estimate of drug-likeness (QED) is 0.292. The number of para-hydroxylation sites is 1. The maximum absolute atomic E-state index is 13.0. The van der Waals surface area contributed by atoms with E-state index in [1.165, 1.54) is 6.92 Å². The van der Waals surface area contributed by atoms with E-state index in [4.69, 9.17) is 15.2 Å². The predicted molar refractivity (Wildman–Crippen MR) is 135 cm³/mol. The summed E-state index contributed by atoms with van der Waals surface area (Å²) in [6.07, 6.45) is 0.0846. The normalized spacial score (nSPS) is 13.2. The number of aldehydes is 1. The molecule has 0 saturated heterocycles. The zero-order chi connectivity index (χ0) is 25.9. The van der Waals surface area contributed by atoms with Gasteiger partial charge in [-0.3, -0.25) is 4.79 Å². The lowest BCUT2D eigenvalue weighted by Gasteiger charge is -2.34. The SMILES string of the molecule is CC(C)(C)OC(=O)NC(C)(C(=O)Oc1ccccc1)C(N)c1ccccc1.O=Cc1ccccc1. The Bertz CT molecular complexity index is 1080. The molecule has 2 unspecified atom stereocenters. The van der Waals surface area contributed by atoms with Crippen LogP contribution in [0.25, 0.3) is 0 Å². The van der Waals surface area contributed by atoms with Crippen molar-refractivity contribution >= 4 is 18.3 Å². The van der Waals surface area contributed by atoms with Gasteiger partial charge in [0, 0.05) is 5.56 Å². The van der Waals surface area contributed by atoms with E-state index in [0.717, 1.165) is 11.8 Å². The number of benzene rings is 3. The van der Waals surface area contributed by atoms with E-state index in [0.29, 0.717) is 11.3 Å². The van der Waals surface area contributed by atoms with Crippen molar-refractivity contribution in [3.63, 3.8) is 0 Å². The summed E-state index contributed by atoms with van der Waals surface area (Å²) in [5.74, 6) is -0.323. The number of hydrogen-bond acceptors (Lipinski definition) is 6. The van der Waals surface area contributed by atoms with E-state index in [-0.39, 0.29) is 0 Å². The lowest BCUT2D eigenvalue weighted by molar-refractivity contribution is -0.142. The third-order valence-corrected chi connectivity index (χ3v) is 4.85. The number of nitrogens with two attached hydrogens (primary N) is 1. The van der Waals surface area contributed by atoms with E-state index in [9.17, 15) is 14.4 Å². The van der Waals surface area contributed by atoms with Crippen molar-refractivity contribution in [2.45, 2.75) is 44.9 Å². The number of amides is 1. The lowest BCUT2D eigenvalue weighted by Crippen LogP contribution is -2.60. The van der Waals surface area contributed by atoms with Gasteiger partial charge >= 0.3 is 12.1 Å². The Kier molecular flexibility index (Phi) is 9.73. The summed E-state index contributed by atoms with van der Waals surface area (Å²) < 4.78 is 10.8. The number of carbonyl (C=O) groups excluding carboxylic acids is 3. The van der Waals surface area contributed by atoms with Crippen LogP contribution in [-0.2, 0) is 9.53 Å².